The van der Waals surface area contributed by atoms with Gasteiger partial charge in [0.2, 0.25) is 0 Å². The molecule has 0 heterocycles. The Morgan fingerprint density at radius 2 is 1.86 bits per heavy atom. The minimum atomic E-state index is -0.955. The van der Waals surface area contributed by atoms with Crippen LogP contribution in [0.25, 0.3) is 0 Å². The fourth-order valence-electron chi connectivity index (χ4n) is 3.34. The van der Waals surface area contributed by atoms with Crippen LogP contribution in [0, 0.1) is 0 Å². The second kappa shape index (κ2) is 9.56. The molecule has 0 unspecified atom stereocenters. The van der Waals surface area contributed by atoms with E-state index in [4.69, 9.17) is 16.3 Å². The SMILES string of the molecule is C[C@@H](OC(=O)CNC(=O)c1ccc(Cl)cc1)C(=O)N[C@H]1CCCc2ccccc21. The maximum Gasteiger partial charge on any atom is 0.326 e. The number of carbonyl (C=O) groups is 3. The van der Waals surface area contributed by atoms with Crippen molar-refractivity contribution in [2.75, 3.05) is 6.54 Å². The third kappa shape index (κ3) is 5.57. The summed E-state index contributed by atoms with van der Waals surface area (Å²) in [6, 6.07) is 14.2. The molecule has 2 atom stereocenters. The molecule has 2 amide bonds. The molecule has 0 saturated heterocycles. The smallest absolute Gasteiger partial charge is 0.326 e. The van der Waals surface area contributed by atoms with Crippen molar-refractivity contribution in [3.63, 3.8) is 0 Å². The normalized spacial score (nSPS) is 16.3. The molecule has 0 aliphatic heterocycles. The Bertz CT molecular complexity index is 898. The average Bonchev–Trinajstić information content (AvgIpc) is 2.72. The molecular weight excluding hydrogens is 392 g/mol. The van der Waals surface area contributed by atoms with E-state index in [-0.39, 0.29) is 18.5 Å². The number of benzene rings is 2. The van der Waals surface area contributed by atoms with Gasteiger partial charge < -0.3 is 15.4 Å². The number of halogens is 1. The van der Waals surface area contributed by atoms with Crippen LogP contribution in [0.1, 0.15) is 47.3 Å². The van der Waals surface area contributed by atoms with Crippen LogP contribution in [0.2, 0.25) is 5.02 Å². The van der Waals surface area contributed by atoms with Crippen LogP contribution in [0.5, 0.6) is 0 Å². The summed E-state index contributed by atoms with van der Waals surface area (Å²) >= 11 is 5.78. The Kier molecular flexibility index (Phi) is 6.88. The molecule has 7 heteroatoms. The Balaban J connectivity index is 1.47. The Morgan fingerprint density at radius 1 is 1.14 bits per heavy atom. The summed E-state index contributed by atoms with van der Waals surface area (Å²) in [6.07, 6.45) is 1.89. The number of aryl methyl sites for hydroxylation is 1. The monoisotopic (exact) mass is 414 g/mol. The molecule has 0 radical (unpaired) electrons. The van der Waals surface area contributed by atoms with E-state index in [2.05, 4.69) is 16.7 Å². The minimum Gasteiger partial charge on any atom is -0.451 e. The van der Waals surface area contributed by atoms with Gasteiger partial charge in [-0.25, -0.2) is 0 Å². The van der Waals surface area contributed by atoms with Gasteiger partial charge in [-0.15, -0.1) is 0 Å². The molecule has 0 spiro atoms. The summed E-state index contributed by atoms with van der Waals surface area (Å²) in [5.74, 6) is -1.46. The zero-order chi connectivity index (χ0) is 20.8. The fourth-order valence-corrected chi connectivity index (χ4v) is 3.47. The molecule has 2 N–H and O–H groups in total. The van der Waals surface area contributed by atoms with Crippen molar-refractivity contribution in [3.05, 3.63) is 70.2 Å². The topological polar surface area (TPSA) is 84.5 Å². The minimum absolute atomic E-state index is 0.0850. The quantitative estimate of drug-likeness (QED) is 0.711. The predicted molar refractivity (Wildman–Crippen MR) is 110 cm³/mol. The first kappa shape index (κ1) is 20.9. The summed E-state index contributed by atoms with van der Waals surface area (Å²) in [5.41, 5.74) is 2.73. The zero-order valence-corrected chi connectivity index (χ0v) is 16.9. The maximum absolute atomic E-state index is 12.5. The molecule has 6 nitrogen and oxygen atoms in total. The third-order valence-electron chi connectivity index (χ3n) is 4.86. The van der Waals surface area contributed by atoms with E-state index < -0.39 is 18.0 Å². The van der Waals surface area contributed by atoms with E-state index in [0.717, 1.165) is 24.8 Å². The van der Waals surface area contributed by atoms with Crippen LogP contribution >= 0.6 is 11.6 Å². The van der Waals surface area contributed by atoms with Crippen LogP contribution in [0.4, 0.5) is 0 Å². The van der Waals surface area contributed by atoms with Gasteiger partial charge in [0.05, 0.1) is 6.04 Å². The summed E-state index contributed by atoms with van der Waals surface area (Å²) in [6.45, 7) is 1.19. The highest BCUT2D eigenvalue weighted by atomic mass is 35.5. The van der Waals surface area contributed by atoms with E-state index in [1.54, 1.807) is 24.3 Å². The van der Waals surface area contributed by atoms with Crippen molar-refractivity contribution in [2.24, 2.45) is 0 Å². The molecule has 2 aromatic rings. The lowest BCUT2D eigenvalue weighted by atomic mass is 9.87. The number of carbonyl (C=O) groups excluding carboxylic acids is 3. The summed E-state index contributed by atoms with van der Waals surface area (Å²) in [7, 11) is 0. The molecule has 1 aliphatic carbocycles. The van der Waals surface area contributed by atoms with Crippen LogP contribution < -0.4 is 10.6 Å². The molecule has 0 fully saturated rings. The Morgan fingerprint density at radius 3 is 2.62 bits per heavy atom. The standard InChI is InChI=1S/C22H23ClN2O4/c1-14(21(27)25-19-8-4-6-15-5-2-3-7-18(15)19)29-20(26)13-24-22(28)16-9-11-17(23)12-10-16/h2-3,5,7,9-12,14,19H,4,6,8,13H2,1H3,(H,24,28)(H,25,27)/t14-,19+/m1/s1. The lowest BCUT2D eigenvalue weighted by Crippen LogP contribution is -2.41. The van der Waals surface area contributed by atoms with Crippen LogP contribution in [0.3, 0.4) is 0 Å². The molecular formula is C22H23ClN2O4. The van der Waals surface area contributed by atoms with Crippen molar-refractivity contribution in [1.29, 1.82) is 0 Å². The van der Waals surface area contributed by atoms with Crippen molar-refractivity contribution in [2.45, 2.75) is 38.3 Å². The van der Waals surface area contributed by atoms with Gasteiger partial charge in [0.15, 0.2) is 6.10 Å². The third-order valence-corrected chi connectivity index (χ3v) is 5.12. The van der Waals surface area contributed by atoms with Gasteiger partial charge in [-0.3, -0.25) is 14.4 Å². The molecule has 0 saturated carbocycles. The first-order chi connectivity index (χ1) is 13.9. The number of hydrogen-bond donors (Lipinski definition) is 2. The number of hydrogen-bond acceptors (Lipinski definition) is 4. The number of rotatable bonds is 6. The summed E-state index contributed by atoms with van der Waals surface area (Å²) in [4.78, 5) is 36.5. The highest BCUT2D eigenvalue weighted by Crippen LogP contribution is 2.29. The average molecular weight is 415 g/mol. The van der Waals surface area contributed by atoms with E-state index in [1.165, 1.54) is 12.5 Å². The van der Waals surface area contributed by atoms with Crippen molar-refractivity contribution >= 4 is 29.4 Å². The van der Waals surface area contributed by atoms with Crippen molar-refractivity contribution in [3.8, 4) is 0 Å². The second-order valence-corrected chi connectivity index (χ2v) is 7.41. The van der Waals surface area contributed by atoms with Gasteiger partial charge in [0.1, 0.15) is 6.54 Å². The number of esters is 1. The molecule has 152 valence electrons. The van der Waals surface area contributed by atoms with Gasteiger partial charge in [-0.2, -0.15) is 0 Å². The largest absolute Gasteiger partial charge is 0.451 e. The van der Waals surface area contributed by atoms with Crippen molar-refractivity contribution < 1.29 is 19.1 Å². The van der Waals surface area contributed by atoms with Crippen LogP contribution in [0.15, 0.2) is 48.5 Å². The van der Waals surface area contributed by atoms with Gasteiger partial charge in [-0.05, 0) is 61.6 Å². The number of fused-ring (bicyclic) bond motifs is 1. The van der Waals surface area contributed by atoms with Gasteiger partial charge in [0, 0.05) is 10.6 Å². The lowest BCUT2D eigenvalue weighted by Gasteiger charge is -2.27. The van der Waals surface area contributed by atoms with Gasteiger partial charge >= 0.3 is 5.97 Å². The summed E-state index contributed by atoms with van der Waals surface area (Å²) < 4.78 is 5.16. The number of amides is 2. The Hall–Kier alpha value is -2.86. The zero-order valence-electron chi connectivity index (χ0n) is 16.1. The maximum atomic E-state index is 12.5. The first-order valence-electron chi connectivity index (χ1n) is 9.55. The molecule has 3 rings (SSSR count). The van der Waals surface area contributed by atoms with Gasteiger partial charge in [0.25, 0.3) is 11.8 Å². The van der Waals surface area contributed by atoms with Crippen LogP contribution in [-0.4, -0.2) is 30.4 Å². The van der Waals surface area contributed by atoms with E-state index >= 15 is 0 Å². The molecule has 1 aliphatic rings. The van der Waals surface area contributed by atoms with E-state index in [9.17, 15) is 14.4 Å². The molecule has 0 aromatic heterocycles. The van der Waals surface area contributed by atoms with Crippen LogP contribution in [-0.2, 0) is 20.7 Å². The fraction of sp³-hybridized carbons (Fsp3) is 0.318. The lowest BCUT2D eigenvalue weighted by molar-refractivity contribution is -0.154. The highest BCUT2D eigenvalue weighted by molar-refractivity contribution is 6.30. The predicted octanol–water partition coefficient (Wildman–Crippen LogP) is 3.20. The number of ether oxygens (including phenoxy) is 1. The summed E-state index contributed by atoms with van der Waals surface area (Å²) in [5, 5.41) is 5.94. The first-order valence-corrected chi connectivity index (χ1v) is 9.93. The molecule has 0 bridgehead atoms. The van der Waals surface area contributed by atoms with E-state index in [1.807, 2.05) is 18.2 Å². The molecule has 2 aromatic carbocycles. The van der Waals surface area contributed by atoms with Crippen molar-refractivity contribution in [1.82, 2.24) is 10.6 Å². The number of nitrogens with one attached hydrogen (secondary N) is 2. The van der Waals surface area contributed by atoms with Gasteiger partial charge in [-0.1, -0.05) is 35.9 Å². The highest BCUT2D eigenvalue weighted by Gasteiger charge is 2.25. The Labute approximate surface area is 174 Å². The second-order valence-electron chi connectivity index (χ2n) is 6.97. The molecule has 29 heavy (non-hydrogen) atoms. The van der Waals surface area contributed by atoms with E-state index in [0.29, 0.717) is 10.6 Å².